The molecule has 2 N–H and O–H groups in total. The first kappa shape index (κ1) is 12.7. The Hall–Kier alpha value is -1.36. The van der Waals surface area contributed by atoms with Gasteiger partial charge in [-0.1, -0.05) is 13.3 Å². The minimum Gasteiger partial charge on any atom is -0.480 e. The summed E-state index contributed by atoms with van der Waals surface area (Å²) in [6.07, 6.45) is 5.13. The molecule has 0 saturated heterocycles. The van der Waals surface area contributed by atoms with E-state index in [2.05, 4.69) is 10.4 Å². The Kier molecular flexibility index (Phi) is 4.49. The minimum absolute atomic E-state index is 0.00125. The summed E-state index contributed by atoms with van der Waals surface area (Å²) in [7, 11) is 1.84. The molecule has 0 fully saturated rings. The van der Waals surface area contributed by atoms with E-state index in [1.807, 2.05) is 27.1 Å². The fraction of sp³-hybridized carbons (Fsp3) is 0.636. The molecule has 1 aromatic rings. The fourth-order valence-electron chi connectivity index (χ4n) is 1.63. The zero-order valence-corrected chi connectivity index (χ0v) is 9.97. The number of aliphatic carboxylic acids is 1. The molecule has 0 spiro atoms. The number of aryl methyl sites for hydroxylation is 1. The molecule has 1 heterocycles. The summed E-state index contributed by atoms with van der Waals surface area (Å²) < 4.78 is 1.71. The smallest absolute Gasteiger partial charge is 0.320 e. The van der Waals surface area contributed by atoms with Crippen molar-refractivity contribution in [3.05, 3.63) is 18.0 Å². The minimum atomic E-state index is -0.794. The number of carboxylic acids is 1. The number of nitrogens with zero attached hydrogens (tertiary/aromatic N) is 2. The quantitative estimate of drug-likeness (QED) is 0.766. The highest BCUT2D eigenvalue weighted by Gasteiger charge is 2.19. The molecular weight excluding hydrogens is 206 g/mol. The average molecular weight is 225 g/mol. The van der Waals surface area contributed by atoms with Crippen LogP contribution in [0.3, 0.4) is 0 Å². The summed E-state index contributed by atoms with van der Waals surface area (Å²) in [6, 6.07) is -0.485. The van der Waals surface area contributed by atoms with Gasteiger partial charge in [-0.2, -0.15) is 5.10 Å². The first-order chi connectivity index (χ1) is 7.54. The van der Waals surface area contributed by atoms with E-state index in [-0.39, 0.29) is 6.04 Å². The molecule has 5 heteroatoms. The van der Waals surface area contributed by atoms with Crippen molar-refractivity contribution in [2.45, 2.75) is 38.8 Å². The first-order valence-corrected chi connectivity index (χ1v) is 5.52. The Morgan fingerprint density at radius 1 is 1.69 bits per heavy atom. The first-order valence-electron chi connectivity index (χ1n) is 5.52. The van der Waals surface area contributed by atoms with Crippen molar-refractivity contribution in [3.63, 3.8) is 0 Å². The monoisotopic (exact) mass is 225 g/mol. The molecule has 1 rings (SSSR count). The molecule has 0 aliphatic rings. The molecule has 90 valence electrons. The Labute approximate surface area is 95.5 Å². The Balaban J connectivity index is 2.61. The van der Waals surface area contributed by atoms with E-state index in [9.17, 15) is 4.79 Å². The number of nitrogens with one attached hydrogen (secondary N) is 1. The van der Waals surface area contributed by atoms with Gasteiger partial charge in [0.05, 0.1) is 6.20 Å². The van der Waals surface area contributed by atoms with Gasteiger partial charge in [-0.3, -0.25) is 14.8 Å². The maximum absolute atomic E-state index is 11.0. The molecule has 0 radical (unpaired) electrons. The van der Waals surface area contributed by atoms with Gasteiger partial charge in [-0.15, -0.1) is 0 Å². The number of rotatable bonds is 6. The van der Waals surface area contributed by atoms with Crippen LogP contribution >= 0.6 is 0 Å². The van der Waals surface area contributed by atoms with Gasteiger partial charge >= 0.3 is 5.97 Å². The largest absolute Gasteiger partial charge is 0.480 e. The van der Waals surface area contributed by atoms with Crippen LogP contribution in [0.15, 0.2) is 12.4 Å². The second-order valence-corrected chi connectivity index (χ2v) is 4.02. The van der Waals surface area contributed by atoms with E-state index in [0.717, 1.165) is 12.0 Å². The van der Waals surface area contributed by atoms with Gasteiger partial charge in [0.2, 0.25) is 0 Å². The fourth-order valence-corrected chi connectivity index (χ4v) is 1.63. The second kappa shape index (κ2) is 5.65. The third-order valence-electron chi connectivity index (χ3n) is 2.55. The number of aromatic nitrogens is 2. The Bertz CT molecular complexity index is 349. The lowest BCUT2D eigenvalue weighted by atomic mass is 10.1. The molecular formula is C11H19N3O2. The van der Waals surface area contributed by atoms with Crippen molar-refractivity contribution in [1.82, 2.24) is 15.1 Å². The lowest BCUT2D eigenvalue weighted by Crippen LogP contribution is -2.38. The number of hydrogen-bond donors (Lipinski definition) is 2. The molecule has 0 saturated carbocycles. The van der Waals surface area contributed by atoms with Gasteiger partial charge in [-0.25, -0.2) is 0 Å². The molecule has 2 unspecified atom stereocenters. The van der Waals surface area contributed by atoms with E-state index in [4.69, 9.17) is 5.11 Å². The molecule has 1 aromatic heterocycles. The molecule has 0 aliphatic carbocycles. The van der Waals surface area contributed by atoms with E-state index >= 15 is 0 Å². The van der Waals surface area contributed by atoms with E-state index in [1.54, 1.807) is 10.9 Å². The molecule has 0 bridgehead atoms. The maximum atomic E-state index is 11.0. The van der Waals surface area contributed by atoms with Gasteiger partial charge in [-0.05, 0) is 13.3 Å². The van der Waals surface area contributed by atoms with Crippen molar-refractivity contribution in [2.24, 2.45) is 7.05 Å². The third-order valence-corrected chi connectivity index (χ3v) is 2.55. The molecule has 5 nitrogen and oxygen atoms in total. The van der Waals surface area contributed by atoms with Crippen molar-refractivity contribution >= 4 is 5.97 Å². The van der Waals surface area contributed by atoms with Crippen molar-refractivity contribution < 1.29 is 9.90 Å². The molecule has 0 amide bonds. The zero-order valence-electron chi connectivity index (χ0n) is 9.97. The zero-order chi connectivity index (χ0) is 12.1. The highest BCUT2D eigenvalue weighted by Crippen LogP contribution is 2.12. The number of carboxylic acid groups (broad SMARTS) is 1. The summed E-state index contributed by atoms with van der Waals surface area (Å²) in [5.41, 5.74) is 1.00. The third kappa shape index (κ3) is 3.34. The van der Waals surface area contributed by atoms with Crippen LogP contribution < -0.4 is 5.32 Å². The summed E-state index contributed by atoms with van der Waals surface area (Å²) in [5.74, 6) is -0.794. The summed E-state index contributed by atoms with van der Waals surface area (Å²) in [5, 5.41) is 16.2. The van der Waals surface area contributed by atoms with Crippen LogP contribution in [0.25, 0.3) is 0 Å². The Morgan fingerprint density at radius 2 is 2.38 bits per heavy atom. The van der Waals surface area contributed by atoms with Gasteiger partial charge in [0.25, 0.3) is 0 Å². The number of carbonyl (C=O) groups is 1. The molecule has 0 aliphatic heterocycles. The van der Waals surface area contributed by atoms with Gasteiger partial charge in [0.15, 0.2) is 0 Å². The second-order valence-electron chi connectivity index (χ2n) is 4.02. The average Bonchev–Trinajstić information content (AvgIpc) is 2.64. The van der Waals surface area contributed by atoms with Crippen LogP contribution in [-0.4, -0.2) is 26.9 Å². The molecule has 16 heavy (non-hydrogen) atoms. The maximum Gasteiger partial charge on any atom is 0.320 e. The predicted octanol–water partition coefficient (Wildman–Crippen LogP) is 1.32. The highest BCUT2D eigenvalue weighted by atomic mass is 16.4. The van der Waals surface area contributed by atoms with Crippen LogP contribution in [0, 0.1) is 0 Å². The normalized spacial score (nSPS) is 14.7. The Morgan fingerprint density at radius 3 is 2.81 bits per heavy atom. The van der Waals surface area contributed by atoms with Crippen LogP contribution in [0.2, 0.25) is 0 Å². The topological polar surface area (TPSA) is 67.2 Å². The van der Waals surface area contributed by atoms with Crippen LogP contribution in [-0.2, 0) is 11.8 Å². The summed E-state index contributed by atoms with van der Waals surface area (Å²) >= 11 is 0. The lowest BCUT2D eigenvalue weighted by molar-refractivity contribution is -0.139. The summed E-state index contributed by atoms with van der Waals surface area (Å²) in [4.78, 5) is 11.0. The van der Waals surface area contributed by atoms with E-state index < -0.39 is 12.0 Å². The number of hydrogen-bond acceptors (Lipinski definition) is 3. The predicted molar refractivity (Wildman–Crippen MR) is 61.1 cm³/mol. The SMILES string of the molecule is CCCC(NC(C)c1cnn(C)c1)C(=O)O. The van der Waals surface area contributed by atoms with Crippen LogP contribution in [0.5, 0.6) is 0 Å². The van der Waals surface area contributed by atoms with Crippen LogP contribution in [0.1, 0.15) is 38.3 Å². The lowest BCUT2D eigenvalue weighted by Gasteiger charge is -2.18. The summed E-state index contributed by atoms with van der Waals surface area (Å²) in [6.45, 7) is 3.93. The van der Waals surface area contributed by atoms with Gasteiger partial charge in [0.1, 0.15) is 6.04 Å². The van der Waals surface area contributed by atoms with Gasteiger partial charge in [0, 0.05) is 24.8 Å². The standard InChI is InChI=1S/C11H19N3O2/c1-4-5-10(11(15)16)13-8(2)9-6-12-14(3)7-9/h6-8,10,13H,4-5H2,1-3H3,(H,15,16). The van der Waals surface area contributed by atoms with Crippen molar-refractivity contribution in [3.8, 4) is 0 Å². The molecule has 0 aromatic carbocycles. The van der Waals surface area contributed by atoms with E-state index in [0.29, 0.717) is 6.42 Å². The van der Waals surface area contributed by atoms with Crippen molar-refractivity contribution in [1.29, 1.82) is 0 Å². The van der Waals surface area contributed by atoms with Gasteiger partial charge < -0.3 is 5.11 Å². The highest BCUT2D eigenvalue weighted by molar-refractivity contribution is 5.73. The van der Waals surface area contributed by atoms with Crippen LogP contribution in [0.4, 0.5) is 0 Å². The van der Waals surface area contributed by atoms with Crippen molar-refractivity contribution in [2.75, 3.05) is 0 Å². The molecule has 2 atom stereocenters. The van der Waals surface area contributed by atoms with E-state index in [1.165, 1.54) is 0 Å².